The lowest BCUT2D eigenvalue weighted by molar-refractivity contribution is 0.0520. The Kier molecular flexibility index (Phi) is 3.17. The van der Waals surface area contributed by atoms with Crippen LogP contribution in [0, 0.1) is 0 Å². The quantitative estimate of drug-likeness (QED) is 0.799. The number of rotatable bonds is 3. The van der Waals surface area contributed by atoms with Crippen molar-refractivity contribution in [3.8, 4) is 5.75 Å². The van der Waals surface area contributed by atoms with Gasteiger partial charge in [-0.1, -0.05) is 42.1 Å². The number of fused-ring (bicyclic) bond motifs is 1. The van der Waals surface area contributed by atoms with Crippen molar-refractivity contribution in [2.45, 2.75) is 10.3 Å². The first kappa shape index (κ1) is 12.1. The summed E-state index contributed by atoms with van der Waals surface area (Å²) in [6.45, 7) is 0. The van der Waals surface area contributed by atoms with Crippen molar-refractivity contribution in [3.63, 3.8) is 0 Å². The van der Waals surface area contributed by atoms with Crippen LogP contribution in [0.25, 0.3) is 0 Å². The highest BCUT2D eigenvalue weighted by Gasteiger charge is 2.34. The number of benzene rings is 2. The van der Waals surface area contributed by atoms with Gasteiger partial charge in [-0.2, -0.15) is 0 Å². The predicted molar refractivity (Wildman–Crippen MR) is 73.4 cm³/mol. The standard InChI is InChI=1S/C15H12O3S/c1-17-12-9-5-8-11-13(12)14(16)18-15(11)19-10-6-3-2-4-7-10/h2-9,15H,1H3. The Morgan fingerprint density at radius 2 is 1.89 bits per heavy atom. The smallest absolute Gasteiger partial charge is 0.343 e. The molecule has 1 unspecified atom stereocenters. The Hall–Kier alpha value is -1.94. The lowest BCUT2D eigenvalue weighted by Gasteiger charge is -2.10. The maximum atomic E-state index is 11.9. The second kappa shape index (κ2) is 4.97. The van der Waals surface area contributed by atoms with Crippen LogP contribution < -0.4 is 4.74 Å². The van der Waals surface area contributed by atoms with Crippen molar-refractivity contribution in [2.24, 2.45) is 0 Å². The maximum absolute atomic E-state index is 11.9. The minimum Gasteiger partial charge on any atom is -0.496 e. The van der Waals surface area contributed by atoms with Crippen LogP contribution in [0.3, 0.4) is 0 Å². The summed E-state index contributed by atoms with van der Waals surface area (Å²) < 4.78 is 10.6. The third-order valence-corrected chi connectivity index (χ3v) is 4.05. The van der Waals surface area contributed by atoms with Crippen LogP contribution in [0.1, 0.15) is 21.4 Å². The highest BCUT2D eigenvalue weighted by molar-refractivity contribution is 7.99. The fraction of sp³-hybridized carbons (Fsp3) is 0.133. The van der Waals surface area contributed by atoms with E-state index in [1.807, 2.05) is 42.5 Å². The molecule has 3 rings (SSSR count). The van der Waals surface area contributed by atoms with Crippen molar-refractivity contribution in [2.75, 3.05) is 7.11 Å². The summed E-state index contributed by atoms with van der Waals surface area (Å²) in [6.07, 6.45) is 0. The van der Waals surface area contributed by atoms with Gasteiger partial charge in [-0.25, -0.2) is 4.79 Å². The summed E-state index contributed by atoms with van der Waals surface area (Å²) in [4.78, 5) is 13.0. The summed E-state index contributed by atoms with van der Waals surface area (Å²) in [5, 5.41) is 0. The molecule has 3 nitrogen and oxygen atoms in total. The average Bonchev–Trinajstić information content (AvgIpc) is 2.77. The molecular formula is C15H12O3S. The van der Waals surface area contributed by atoms with Crippen molar-refractivity contribution in [3.05, 3.63) is 59.7 Å². The average molecular weight is 272 g/mol. The Bertz CT molecular complexity index is 610. The fourth-order valence-electron chi connectivity index (χ4n) is 2.06. The summed E-state index contributed by atoms with van der Waals surface area (Å²) in [7, 11) is 1.56. The summed E-state index contributed by atoms with van der Waals surface area (Å²) in [5.41, 5.74) is 1.11. The number of methoxy groups -OCH3 is 1. The van der Waals surface area contributed by atoms with E-state index in [1.165, 1.54) is 11.8 Å². The molecule has 1 aliphatic heterocycles. The van der Waals surface area contributed by atoms with Crippen LogP contribution in [0.4, 0.5) is 0 Å². The zero-order chi connectivity index (χ0) is 13.2. The van der Waals surface area contributed by atoms with Gasteiger partial charge in [0, 0.05) is 10.5 Å². The van der Waals surface area contributed by atoms with E-state index < -0.39 is 0 Å². The van der Waals surface area contributed by atoms with E-state index in [0.29, 0.717) is 11.3 Å². The lowest BCUT2D eigenvalue weighted by atomic mass is 10.1. The van der Waals surface area contributed by atoms with Crippen LogP contribution in [0.2, 0.25) is 0 Å². The Morgan fingerprint density at radius 3 is 2.63 bits per heavy atom. The number of cyclic esters (lactones) is 1. The molecule has 4 heteroatoms. The molecule has 0 radical (unpaired) electrons. The van der Waals surface area contributed by atoms with E-state index in [9.17, 15) is 4.79 Å². The van der Waals surface area contributed by atoms with Crippen LogP contribution in [0.5, 0.6) is 5.75 Å². The molecular weight excluding hydrogens is 260 g/mol. The Labute approximate surface area is 115 Å². The first-order valence-corrected chi connectivity index (χ1v) is 6.77. The molecule has 0 saturated carbocycles. The molecule has 0 spiro atoms. The number of hydrogen-bond acceptors (Lipinski definition) is 4. The highest BCUT2D eigenvalue weighted by atomic mass is 32.2. The number of ether oxygens (including phenoxy) is 2. The topological polar surface area (TPSA) is 35.5 Å². The minimum atomic E-state index is -0.319. The van der Waals surface area contributed by atoms with E-state index in [0.717, 1.165) is 10.5 Å². The molecule has 1 aliphatic rings. The summed E-state index contributed by atoms with van der Waals surface area (Å²) >= 11 is 1.52. The zero-order valence-corrected chi connectivity index (χ0v) is 11.1. The Morgan fingerprint density at radius 1 is 1.11 bits per heavy atom. The second-order valence-electron chi connectivity index (χ2n) is 4.09. The van der Waals surface area contributed by atoms with E-state index in [4.69, 9.17) is 9.47 Å². The van der Waals surface area contributed by atoms with Crippen LogP contribution in [-0.2, 0) is 4.74 Å². The van der Waals surface area contributed by atoms with Gasteiger partial charge in [0.25, 0.3) is 0 Å². The second-order valence-corrected chi connectivity index (χ2v) is 5.23. The molecule has 0 bridgehead atoms. The number of thioether (sulfide) groups is 1. The third-order valence-electron chi connectivity index (χ3n) is 2.94. The molecule has 0 aliphatic carbocycles. The molecule has 0 fully saturated rings. The zero-order valence-electron chi connectivity index (χ0n) is 10.3. The van der Waals surface area contributed by atoms with Crippen molar-refractivity contribution in [1.29, 1.82) is 0 Å². The molecule has 0 N–H and O–H groups in total. The van der Waals surface area contributed by atoms with Gasteiger partial charge in [-0.05, 0) is 18.2 Å². The van der Waals surface area contributed by atoms with Crippen LogP contribution in [0.15, 0.2) is 53.4 Å². The largest absolute Gasteiger partial charge is 0.496 e. The van der Waals surface area contributed by atoms with Gasteiger partial charge in [0.15, 0.2) is 5.44 Å². The van der Waals surface area contributed by atoms with Gasteiger partial charge in [0.1, 0.15) is 11.3 Å². The van der Waals surface area contributed by atoms with Gasteiger partial charge >= 0.3 is 5.97 Å². The van der Waals surface area contributed by atoms with Crippen LogP contribution >= 0.6 is 11.8 Å². The monoisotopic (exact) mass is 272 g/mol. The van der Waals surface area contributed by atoms with E-state index >= 15 is 0 Å². The first-order valence-electron chi connectivity index (χ1n) is 5.89. The Balaban J connectivity index is 1.94. The third kappa shape index (κ3) is 2.19. The molecule has 2 aromatic rings. The van der Waals surface area contributed by atoms with Gasteiger partial charge in [0.05, 0.1) is 7.11 Å². The fourth-order valence-corrected chi connectivity index (χ4v) is 3.08. The molecule has 1 atom stereocenters. The molecule has 96 valence electrons. The molecule has 1 heterocycles. The predicted octanol–water partition coefficient (Wildman–Crippen LogP) is 3.66. The van der Waals surface area contributed by atoms with Gasteiger partial charge < -0.3 is 9.47 Å². The van der Waals surface area contributed by atoms with Crippen molar-refractivity contribution >= 4 is 17.7 Å². The lowest BCUT2D eigenvalue weighted by Crippen LogP contribution is -1.97. The van der Waals surface area contributed by atoms with E-state index in [2.05, 4.69) is 0 Å². The molecule has 0 aromatic heterocycles. The number of esters is 1. The number of hydrogen-bond donors (Lipinski definition) is 0. The first-order chi connectivity index (χ1) is 9.29. The van der Waals surface area contributed by atoms with Crippen LogP contribution in [-0.4, -0.2) is 13.1 Å². The van der Waals surface area contributed by atoms with E-state index in [-0.39, 0.29) is 11.4 Å². The SMILES string of the molecule is COc1cccc2c1C(=O)OC2Sc1ccccc1. The normalized spacial score (nSPS) is 16.9. The van der Waals surface area contributed by atoms with Crippen molar-refractivity contribution < 1.29 is 14.3 Å². The van der Waals surface area contributed by atoms with Gasteiger partial charge in [-0.3, -0.25) is 0 Å². The molecule has 0 saturated heterocycles. The van der Waals surface area contributed by atoms with Crippen molar-refractivity contribution in [1.82, 2.24) is 0 Å². The summed E-state index contributed by atoms with van der Waals surface area (Å²) in [5.74, 6) is 0.250. The molecule has 19 heavy (non-hydrogen) atoms. The number of carbonyl (C=O) groups excluding carboxylic acids is 1. The number of carbonyl (C=O) groups is 1. The van der Waals surface area contributed by atoms with E-state index in [1.54, 1.807) is 13.2 Å². The minimum absolute atomic E-state index is 0.306. The highest BCUT2D eigenvalue weighted by Crippen LogP contribution is 2.45. The van der Waals surface area contributed by atoms with Gasteiger partial charge in [-0.15, -0.1) is 0 Å². The molecule has 2 aromatic carbocycles. The maximum Gasteiger partial charge on any atom is 0.343 e. The molecule has 0 amide bonds. The van der Waals surface area contributed by atoms with Gasteiger partial charge in [0.2, 0.25) is 0 Å². The summed E-state index contributed by atoms with van der Waals surface area (Å²) in [6, 6.07) is 15.4.